The smallest absolute Gasteiger partial charge is 0.196 e. The predicted octanol–water partition coefficient (Wildman–Crippen LogP) is 4.91. The Morgan fingerprint density at radius 1 is 1.08 bits per heavy atom. The van der Waals surface area contributed by atoms with Crippen molar-refractivity contribution in [3.63, 3.8) is 0 Å². The van der Waals surface area contributed by atoms with Crippen LogP contribution < -0.4 is 4.90 Å². The molecular weight excluding hydrogens is 446 g/mol. The van der Waals surface area contributed by atoms with Gasteiger partial charge in [-0.2, -0.15) is 5.26 Å². The van der Waals surface area contributed by atoms with E-state index in [0.29, 0.717) is 11.6 Å². The van der Waals surface area contributed by atoms with E-state index in [1.807, 2.05) is 18.2 Å². The van der Waals surface area contributed by atoms with Crippen molar-refractivity contribution in [3.05, 3.63) is 69.3 Å². The topological polar surface area (TPSA) is 56.6 Å². The van der Waals surface area contributed by atoms with Crippen LogP contribution in [0.1, 0.15) is 71.8 Å². The minimum Gasteiger partial charge on any atom is -0.379 e. The van der Waals surface area contributed by atoms with Crippen LogP contribution in [0.25, 0.3) is 5.57 Å². The largest absolute Gasteiger partial charge is 0.379 e. The number of ether oxygens (including phenoxy) is 1. The van der Waals surface area contributed by atoms with Crippen molar-refractivity contribution >= 4 is 17.0 Å². The lowest BCUT2D eigenvalue weighted by Crippen LogP contribution is -2.49. The number of rotatable bonds is 3. The van der Waals surface area contributed by atoms with Crippen LogP contribution in [-0.2, 0) is 23.0 Å². The fraction of sp³-hybridized carbons (Fsp3) is 0.484. The third-order valence-electron chi connectivity index (χ3n) is 9.04. The number of Topliss-reactive ketones (excluding diaryl/α,β-unsaturated/α-hetero) is 1. The van der Waals surface area contributed by atoms with E-state index in [1.165, 1.54) is 16.8 Å². The standard InChI is InChI=1S/C31H35N3O2/c1-4-21-6-8-25-28(29(21)34-11-9-23(10-12-34)33-13-15-36-16-14-33)30(35)27-24-7-5-20(19-32)17-22(24)18-26(27)31(25,2)3/h5-8,17,23H,4,9-16,18H2,1-3H3. The number of hydrogen-bond acceptors (Lipinski definition) is 5. The summed E-state index contributed by atoms with van der Waals surface area (Å²) in [5, 5.41) is 9.42. The molecule has 2 aliphatic heterocycles. The van der Waals surface area contributed by atoms with Crippen LogP contribution in [0.4, 0.5) is 5.69 Å². The Hall–Kier alpha value is -2.94. The number of aryl methyl sites for hydroxylation is 1. The first-order valence-corrected chi connectivity index (χ1v) is 13.5. The fourth-order valence-corrected chi connectivity index (χ4v) is 7.00. The summed E-state index contributed by atoms with van der Waals surface area (Å²) in [5.41, 5.74) is 9.14. The Bertz CT molecular complexity index is 1300. The van der Waals surface area contributed by atoms with Crippen molar-refractivity contribution in [2.45, 2.75) is 57.9 Å². The van der Waals surface area contributed by atoms with Crippen LogP contribution in [0.2, 0.25) is 0 Å². The molecule has 2 saturated heterocycles. The number of hydrogen-bond donors (Lipinski definition) is 0. The summed E-state index contributed by atoms with van der Waals surface area (Å²) in [4.78, 5) is 19.5. The molecule has 5 nitrogen and oxygen atoms in total. The van der Waals surface area contributed by atoms with Crippen LogP contribution in [-0.4, -0.2) is 56.1 Å². The zero-order valence-electron chi connectivity index (χ0n) is 21.7. The minimum absolute atomic E-state index is 0.170. The Balaban J connectivity index is 1.39. The summed E-state index contributed by atoms with van der Waals surface area (Å²) in [6, 6.07) is 13.2. The molecule has 0 bridgehead atoms. The molecule has 2 aromatic rings. The van der Waals surface area contributed by atoms with Crippen molar-refractivity contribution in [3.8, 4) is 6.07 Å². The van der Waals surface area contributed by atoms with Gasteiger partial charge in [-0.1, -0.05) is 39.0 Å². The molecule has 36 heavy (non-hydrogen) atoms. The van der Waals surface area contributed by atoms with Crippen molar-refractivity contribution in [1.82, 2.24) is 4.90 Å². The van der Waals surface area contributed by atoms with E-state index in [4.69, 9.17) is 4.74 Å². The lowest BCUT2D eigenvalue weighted by molar-refractivity contribution is 0.0115. The van der Waals surface area contributed by atoms with Gasteiger partial charge in [0.2, 0.25) is 0 Å². The second-order valence-electron chi connectivity index (χ2n) is 11.2. The second-order valence-corrected chi connectivity index (χ2v) is 11.2. The Morgan fingerprint density at radius 2 is 1.83 bits per heavy atom. The molecule has 0 N–H and O–H groups in total. The van der Waals surface area contributed by atoms with E-state index in [9.17, 15) is 10.1 Å². The van der Waals surface area contributed by atoms with Crippen molar-refractivity contribution in [2.24, 2.45) is 0 Å². The molecule has 0 unspecified atom stereocenters. The number of carbonyl (C=O) groups is 1. The number of piperidine rings is 1. The predicted molar refractivity (Wildman–Crippen MR) is 143 cm³/mol. The van der Waals surface area contributed by atoms with Crippen LogP contribution in [0.5, 0.6) is 0 Å². The number of anilines is 1. The first-order valence-electron chi connectivity index (χ1n) is 13.5. The molecule has 0 atom stereocenters. The summed E-state index contributed by atoms with van der Waals surface area (Å²) in [6.07, 6.45) is 3.90. The molecule has 6 rings (SSSR count). The zero-order valence-corrected chi connectivity index (χ0v) is 21.7. The average molecular weight is 482 g/mol. The summed E-state index contributed by atoms with van der Waals surface area (Å²) >= 11 is 0. The number of benzene rings is 2. The maximum absolute atomic E-state index is 14.4. The normalized spacial score (nSPS) is 21.7. The van der Waals surface area contributed by atoms with E-state index in [2.05, 4.69) is 48.8 Å². The molecule has 0 spiro atoms. The molecule has 2 aliphatic carbocycles. The second kappa shape index (κ2) is 8.87. The quantitative estimate of drug-likeness (QED) is 0.624. The van der Waals surface area contributed by atoms with Gasteiger partial charge >= 0.3 is 0 Å². The van der Waals surface area contributed by atoms with E-state index < -0.39 is 0 Å². The summed E-state index contributed by atoms with van der Waals surface area (Å²) in [6.45, 7) is 12.4. The number of carbonyl (C=O) groups excluding carboxylic acids is 1. The van der Waals surface area contributed by atoms with Gasteiger partial charge in [-0.3, -0.25) is 9.69 Å². The molecule has 2 heterocycles. The summed E-state index contributed by atoms with van der Waals surface area (Å²) in [7, 11) is 0. The number of ketones is 1. The Labute approximate surface area is 214 Å². The van der Waals surface area contributed by atoms with Gasteiger partial charge in [-0.15, -0.1) is 0 Å². The number of nitrogens with zero attached hydrogens (tertiary/aromatic N) is 3. The molecule has 0 radical (unpaired) electrons. The molecule has 5 heteroatoms. The van der Waals surface area contributed by atoms with E-state index >= 15 is 0 Å². The van der Waals surface area contributed by atoms with Crippen LogP contribution in [0.15, 0.2) is 35.9 Å². The number of allylic oxidation sites excluding steroid dienone is 2. The van der Waals surface area contributed by atoms with Crippen molar-refractivity contribution < 1.29 is 9.53 Å². The molecule has 186 valence electrons. The number of fused-ring (bicyclic) bond motifs is 3. The van der Waals surface area contributed by atoms with Gasteiger partial charge < -0.3 is 9.64 Å². The maximum atomic E-state index is 14.4. The molecule has 2 fully saturated rings. The fourth-order valence-electron chi connectivity index (χ4n) is 7.00. The van der Waals surface area contributed by atoms with Gasteiger partial charge in [0.25, 0.3) is 0 Å². The SMILES string of the molecule is CCc1ccc2c(c1N1CCC(N3CCOCC3)CC1)C(=O)C1=C(Cc3cc(C#N)ccc31)C2(C)C. The van der Waals surface area contributed by atoms with Crippen LogP contribution in [0, 0.1) is 11.3 Å². The summed E-state index contributed by atoms with van der Waals surface area (Å²) in [5.74, 6) is 0.170. The zero-order chi connectivity index (χ0) is 25.0. The monoisotopic (exact) mass is 481 g/mol. The number of morpholine rings is 1. The lowest BCUT2D eigenvalue weighted by atomic mass is 9.67. The Kier molecular flexibility index (Phi) is 5.78. The lowest BCUT2D eigenvalue weighted by Gasteiger charge is -2.43. The van der Waals surface area contributed by atoms with Gasteiger partial charge in [0.15, 0.2) is 5.78 Å². The highest BCUT2D eigenvalue weighted by molar-refractivity contribution is 6.34. The third-order valence-corrected chi connectivity index (χ3v) is 9.04. The molecule has 4 aliphatic rings. The first kappa shape index (κ1) is 23.5. The highest BCUT2D eigenvalue weighted by atomic mass is 16.5. The molecular formula is C31H35N3O2. The van der Waals surface area contributed by atoms with Gasteiger partial charge in [0.05, 0.1) is 36.1 Å². The van der Waals surface area contributed by atoms with Gasteiger partial charge in [0, 0.05) is 43.2 Å². The minimum atomic E-state index is -0.239. The van der Waals surface area contributed by atoms with Crippen molar-refractivity contribution in [2.75, 3.05) is 44.3 Å². The Morgan fingerprint density at radius 3 is 2.53 bits per heavy atom. The molecule has 2 aromatic carbocycles. The van der Waals surface area contributed by atoms with E-state index in [0.717, 1.165) is 92.9 Å². The molecule has 0 saturated carbocycles. The van der Waals surface area contributed by atoms with Crippen LogP contribution in [0.3, 0.4) is 0 Å². The summed E-state index contributed by atoms with van der Waals surface area (Å²) < 4.78 is 5.57. The van der Waals surface area contributed by atoms with Gasteiger partial charge in [-0.25, -0.2) is 0 Å². The van der Waals surface area contributed by atoms with Crippen molar-refractivity contribution in [1.29, 1.82) is 5.26 Å². The van der Waals surface area contributed by atoms with E-state index in [-0.39, 0.29) is 11.2 Å². The van der Waals surface area contributed by atoms with E-state index in [1.54, 1.807) is 0 Å². The third kappa shape index (κ3) is 3.54. The maximum Gasteiger partial charge on any atom is 0.196 e. The van der Waals surface area contributed by atoms with Crippen LogP contribution >= 0.6 is 0 Å². The van der Waals surface area contributed by atoms with Gasteiger partial charge in [0.1, 0.15) is 0 Å². The average Bonchev–Trinajstić information content (AvgIpc) is 3.32. The molecule has 0 amide bonds. The van der Waals surface area contributed by atoms with Gasteiger partial charge in [-0.05, 0) is 65.6 Å². The molecule has 0 aromatic heterocycles. The first-order chi connectivity index (χ1) is 17.4. The highest BCUT2D eigenvalue weighted by Gasteiger charge is 2.45. The highest BCUT2D eigenvalue weighted by Crippen LogP contribution is 2.52. The number of nitriles is 1.